The molecule has 2 saturated heterocycles. The van der Waals surface area contributed by atoms with Crippen LogP contribution in [0.1, 0.15) is 75.5 Å². The summed E-state index contributed by atoms with van der Waals surface area (Å²) >= 11 is 0. The second-order valence-corrected chi connectivity index (χ2v) is 13.0. The molecule has 2 aromatic rings. The van der Waals surface area contributed by atoms with E-state index in [4.69, 9.17) is 0 Å². The van der Waals surface area contributed by atoms with Crippen molar-refractivity contribution < 1.29 is 22.0 Å². The molecule has 5 atom stereocenters. The highest BCUT2D eigenvalue weighted by molar-refractivity contribution is 5.56. The lowest BCUT2D eigenvalue weighted by Crippen LogP contribution is -2.50. The van der Waals surface area contributed by atoms with Gasteiger partial charge < -0.3 is 0 Å². The van der Waals surface area contributed by atoms with Gasteiger partial charge in [-0.3, -0.25) is 18.8 Å². The quantitative estimate of drug-likeness (QED) is 0.465. The molecule has 12 heteroatoms. The minimum absolute atomic E-state index is 0.0849. The molecule has 4 aliphatic rings. The number of pyridine rings is 1. The molecule has 4 heterocycles. The van der Waals surface area contributed by atoms with E-state index in [-0.39, 0.29) is 43.8 Å². The van der Waals surface area contributed by atoms with Crippen LogP contribution in [-0.4, -0.2) is 57.7 Å². The van der Waals surface area contributed by atoms with Crippen LogP contribution < -0.4 is 16.5 Å². The molecule has 2 aliphatic carbocycles. The van der Waals surface area contributed by atoms with E-state index >= 15 is 0 Å². The third-order valence-corrected chi connectivity index (χ3v) is 10.3. The van der Waals surface area contributed by atoms with Crippen molar-refractivity contribution >= 4 is 5.52 Å². The maximum absolute atomic E-state index is 14.3. The van der Waals surface area contributed by atoms with Crippen LogP contribution in [0.4, 0.5) is 22.0 Å². The van der Waals surface area contributed by atoms with Crippen molar-refractivity contribution in [2.24, 2.45) is 23.7 Å². The molecule has 0 aromatic carbocycles. The summed E-state index contributed by atoms with van der Waals surface area (Å²) in [5.41, 5.74) is 5.52. The fourth-order valence-corrected chi connectivity index (χ4v) is 7.81. The van der Waals surface area contributed by atoms with Crippen LogP contribution in [0.25, 0.3) is 5.52 Å². The first-order valence-corrected chi connectivity index (χ1v) is 15.0. The van der Waals surface area contributed by atoms with Crippen LogP contribution >= 0.6 is 0 Å². The minimum atomic E-state index is -4.65. The Morgan fingerprint density at radius 2 is 1.83 bits per heavy atom. The van der Waals surface area contributed by atoms with Gasteiger partial charge in [0.05, 0.1) is 23.9 Å². The molecule has 41 heavy (non-hydrogen) atoms. The molecule has 2 N–H and O–H groups in total. The average Bonchev–Trinajstić information content (AvgIpc) is 3.45. The average molecular weight is 585 g/mol. The molecule has 7 nitrogen and oxygen atoms in total. The topological polar surface area (TPSA) is 57.0 Å². The normalized spacial score (nSPS) is 31.0. The van der Waals surface area contributed by atoms with Gasteiger partial charge in [0.25, 0.3) is 5.92 Å². The molecule has 2 aliphatic heterocycles. The molecule has 0 spiro atoms. The molecule has 0 radical (unpaired) electrons. The van der Waals surface area contributed by atoms with Crippen molar-refractivity contribution in [3.63, 3.8) is 0 Å². The second-order valence-electron chi connectivity index (χ2n) is 13.0. The number of imidazole rings is 1. The van der Waals surface area contributed by atoms with Crippen LogP contribution in [0.15, 0.2) is 23.3 Å². The first kappa shape index (κ1) is 29.1. The number of aromatic nitrogens is 2. The van der Waals surface area contributed by atoms with Gasteiger partial charge >= 0.3 is 11.9 Å². The van der Waals surface area contributed by atoms with Gasteiger partial charge in [0.2, 0.25) is 0 Å². The predicted molar refractivity (Wildman–Crippen MR) is 145 cm³/mol. The number of hydrazine groups is 1. The lowest BCUT2D eigenvalue weighted by Gasteiger charge is -2.46. The van der Waals surface area contributed by atoms with E-state index in [1.165, 1.54) is 43.1 Å². The number of likely N-dealkylation sites (tertiary alicyclic amines) is 1. The smallest absolute Gasteiger partial charge is 0.298 e. The summed E-state index contributed by atoms with van der Waals surface area (Å²) in [6, 6.07) is 0.916. The Bertz CT molecular complexity index is 1300. The maximum atomic E-state index is 14.3. The van der Waals surface area contributed by atoms with Crippen molar-refractivity contribution in [3.8, 4) is 0 Å². The summed E-state index contributed by atoms with van der Waals surface area (Å²) in [5, 5.41) is 0. The standard InChI is InChI=1S/C29H41F5N6O/c1-18-13-38(10-9-28(18,30)31)14-19-11-23(29(32,33)34)24-16-39(27(41)40(24)15-19)22-8-4-7-21(12-22)25(20-5-3-6-20)26-36-35-17-37(26)2/h11,15-16,18,20-22,25-26,35-36H,3-10,12-14,17H2,1-2H3/t18?,21?,22?,25-,26?/m1/s1. The molecule has 2 aromatic heterocycles. The summed E-state index contributed by atoms with van der Waals surface area (Å²) in [5.74, 6) is -2.27. The largest absolute Gasteiger partial charge is 0.418 e. The lowest BCUT2D eigenvalue weighted by atomic mass is 9.65. The number of hydrogen-bond donors (Lipinski definition) is 2. The molecule has 228 valence electrons. The third kappa shape index (κ3) is 5.57. The predicted octanol–water partition coefficient (Wildman–Crippen LogP) is 5.07. The van der Waals surface area contributed by atoms with Crippen LogP contribution in [0.3, 0.4) is 0 Å². The fourth-order valence-electron chi connectivity index (χ4n) is 7.81. The highest BCUT2D eigenvalue weighted by atomic mass is 19.4. The Hall–Kier alpha value is -2.02. The number of nitrogens with zero attached hydrogens (tertiary/aromatic N) is 4. The van der Waals surface area contributed by atoms with Crippen molar-refractivity contribution in [3.05, 3.63) is 40.1 Å². The Labute approximate surface area is 237 Å². The molecule has 2 saturated carbocycles. The van der Waals surface area contributed by atoms with Crippen molar-refractivity contribution in [1.82, 2.24) is 29.6 Å². The Kier molecular flexibility index (Phi) is 7.74. The Balaban J connectivity index is 1.29. The number of alkyl halides is 5. The van der Waals surface area contributed by atoms with Crippen LogP contribution in [0, 0.1) is 23.7 Å². The van der Waals surface area contributed by atoms with Gasteiger partial charge in [0.15, 0.2) is 0 Å². The third-order valence-electron chi connectivity index (χ3n) is 10.3. The van der Waals surface area contributed by atoms with E-state index in [1.807, 2.05) is 0 Å². The molecule has 4 fully saturated rings. The summed E-state index contributed by atoms with van der Waals surface area (Å²) in [4.78, 5) is 17.7. The molecular formula is C29H41F5N6O. The van der Waals surface area contributed by atoms with Gasteiger partial charge in [-0.15, -0.1) is 0 Å². The van der Waals surface area contributed by atoms with E-state index < -0.39 is 29.3 Å². The van der Waals surface area contributed by atoms with Crippen molar-refractivity contribution in [2.45, 2.75) is 89.1 Å². The van der Waals surface area contributed by atoms with Gasteiger partial charge in [-0.25, -0.2) is 24.4 Å². The number of halogens is 5. The van der Waals surface area contributed by atoms with Crippen LogP contribution in [0.5, 0.6) is 0 Å². The molecule has 6 rings (SSSR count). The van der Waals surface area contributed by atoms with E-state index in [2.05, 4.69) is 22.8 Å². The van der Waals surface area contributed by atoms with Gasteiger partial charge in [-0.05, 0) is 55.7 Å². The zero-order chi connectivity index (χ0) is 29.1. The highest BCUT2D eigenvalue weighted by Crippen LogP contribution is 2.47. The number of hydrogen-bond acceptors (Lipinski definition) is 5. The summed E-state index contributed by atoms with van der Waals surface area (Å²) in [6.45, 7) is 2.50. The summed E-state index contributed by atoms with van der Waals surface area (Å²) < 4.78 is 73.5. The van der Waals surface area contributed by atoms with Gasteiger partial charge in [0.1, 0.15) is 0 Å². The molecule has 0 bridgehead atoms. The zero-order valence-electron chi connectivity index (χ0n) is 23.8. The summed E-state index contributed by atoms with van der Waals surface area (Å²) in [6.07, 6.45) is 5.20. The first-order chi connectivity index (χ1) is 19.4. The Morgan fingerprint density at radius 1 is 1.10 bits per heavy atom. The first-order valence-electron chi connectivity index (χ1n) is 15.0. The van der Waals surface area contributed by atoms with Crippen LogP contribution in [-0.2, 0) is 12.7 Å². The van der Waals surface area contributed by atoms with E-state index in [0.29, 0.717) is 23.3 Å². The SMILES string of the molecule is CC1CN(Cc2cc(C(F)(F)F)c3cn(C4CCCC([C@@H](C5CCC5)C5NNCN5C)C4)c(=O)n3c2)CCC1(F)F. The van der Waals surface area contributed by atoms with Crippen molar-refractivity contribution in [1.29, 1.82) is 0 Å². The number of rotatable bonds is 6. The highest BCUT2D eigenvalue weighted by Gasteiger charge is 2.44. The van der Waals surface area contributed by atoms with E-state index in [9.17, 15) is 26.7 Å². The monoisotopic (exact) mass is 584 g/mol. The van der Waals surface area contributed by atoms with Crippen molar-refractivity contribution in [2.75, 3.05) is 26.8 Å². The molecule has 0 amide bonds. The minimum Gasteiger partial charge on any atom is -0.298 e. The van der Waals surface area contributed by atoms with Gasteiger partial charge in [-0.2, -0.15) is 13.2 Å². The fraction of sp³-hybridized carbons (Fsp3) is 0.759. The maximum Gasteiger partial charge on any atom is 0.418 e. The van der Waals surface area contributed by atoms with Gasteiger partial charge in [0, 0.05) is 50.4 Å². The number of fused-ring (bicyclic) bond motifs is 1. The second kappa shape index (κ2) is 10.9. The number of nitrogens with one attached hydrogen (secondary N) is 2. The zero-order valence-corrected chi connectivity index (χ0v) is 23.8. The van der Waals surface area contributed by atoms with E-state index in [1.54, 1.807) is 4.90 Å². The number of piperidine rings is 1. The molecule has 4 unspecified atom stereocenters. The molecular weight excluding hydrogens is 543 g/mol. The van der Waals surface area contributed by atoms with Gasteiger partial charge in [-0.1, -0.05) is 32.6 Å². The van der Waals surface area contributed by atoms with Crippen LogP contribution in [0.2, 0.25) is 0 Å². The lowest BCUT2D eigenvalue weighted by molar-refractivity contribution is -0.136. The van der Waals surface area contributed by atoms with E-state index in [0.717, 1.165) is 42.8 Å². The summed E-state index contributed by atoms with van der Waals surface area (Å²) in [7, 11) is 2.10. The Morgan fingerprint density at radius 3 is 2.46 bits per heavy atom.